The number of aryl methyl sites for hydroxylation is 2. The number of carboxylic acid groups (broad SMARTS) is 1. The van der Waals surface area contributed by atoms with Gasteiger partial charge in [0.1, 0.15) is 11.3 Å². The van der Waals surface area contributed by atoms with E-state index >= 15 is 0 Å². The van der Waals surface area contributed by atoms with Crippen LogP contribution in [0.5, 0.6) is 5.75 Å². The van der Waals surface area contributed by atoms with Gasteiger partial charge >= 0.3 is 5.63 Å². The molecule has 0 aliphatic carbocycles. The van der Waals surface area contributed by atoms with Crippen LogP contribution in [0, 0.1) is 19.8 Å². The topological polar surface area (TPSA) is 109 Å². The van der Waals surface area contributed by atoms with E-state index in [0.29, 0.717) is 35.3 Å². The Kier molecular flexibility index (Phi) is 7.53. The Labute approximate surface area is 192 Å². The Morgan fingerprint density at radius 1 is 1.09 bits per heavy atom. The monoisotopic (exact) mass is 450 g/mol. The summed E-state index contributed by atoms with van der Waals surface area (Å²) in [5.74, 6) is -1.80. The molecule has 7 heteroatoms. The van der Waals surface area contributed by atoms with Crippen molar-refractivity contribution in [2.75, 3.05) is 6.61 Å². The molecule has 2 aromatic carbocycles. The third-order valence-electron chi connectivity index (χ3n) is 6.02. The highest BCUT2D eigenvalue weighted by Crippen LogP contribution is 2.30. The van der Waals surface area contributed by atoms with E-state index in [1.54, 1.807) is 26.0 Å². The van der Waals surface area contributed by atoms with Gasteiger partial charge in [0.25, 0.3) is 5.91 Å². The fourth-order valence-corrected chi connectivity index (χ4v) is 3.76. The molecule has 0 bridgehead atoms. The first kappa shape index (κ1) is 24.0. The lowest BCUT2D eigenvalue weighted by atomic mass is 9.98. The van der Waals surface area contributed by atoms with E-state index in [4.69, 9.17) is 9.15 Å². The van der Waals surface area contributed by atoms with Crippen molar-refractivity contribution in [3.05, 3.63) is 75.1 Å². The molecule has 0 radical (unpaired) electrons. The molecule has 1 N–H and O–H groups in total. The number of nitrogens with one attached hydrogen (secondary N) is 1. The molecule has 0 aliphatic heterocycles. The van der Waals surface area contributed by atoms with Crippen LogP contribution in [0.1, 0.15) is 42.5 Å². The van der Waals surface area contributed by atoms with Gasteiger partial charge in [0, 0.05) is 22.9 Å². The maximum Gasteiger partial charge on any atom is 0.340 e. The van der Waals surface area contributed by atoms with Crippen LogP contribution in [0.4, 0.5) is 0 Å². The second-order valence-corrected chi connectivity index (χ2v) is 8.26. The zero-order valence-electron chi connectivity index (χ0n) is 19.3. The maximum absolute atomic E-state index is 12.7. The number of carbonyl (C=O) groups excluding carboxylic acids is 2. The van der Waals surface area contributed by atoms with Crippen molar-refractivity contribution < 1.29 is 23.8 Å². The van der Waals surface area contributed by atoms with Gasteiger partial charge in [0.05, 0.1) is 12.0 Å². The fraction of sp³-hybridized carbons (Fsp3) is 0.346. The van der Waals surface area contributed by atoms with E-state index in [0.717, 1.165) is 16.5 Å². The molecule has 0 unspecified atom stereocenters. The van der Waals surface area contributed by atoms with Gasteiger partial charge in [-0.3, -0.25) is 4.79 Å². The van der Waals surface area contributed by atoms with E-state index in [1.165, 1.54) is 0 Å². The average molecular weight is 451 g/mol. The van der Waals surface area contributed by atoms with Crippen molar-refractivity contribution >= 4 is 22.8 Å². The minimum Gasteiger partial charge on any atom is -0.548 e. The zero-order valence-corrected chi connectivity index (χ0v) is 19.3. The second-order valence-electron chi connectivity index (χ2n) is 8.26. The molecule has 0 spiro atoms. The zero-order chi connectivity index (χ0) is 24.1. The molecule has 1 aromatic heterocycles. The summed E-state index contributed by atoms with van der Waals surface area (Å²) in [4.78, 5) is 36.3. The first-order chi connectivity index (χ1) is 15.7. The van der Waals surface area contributed by atoms with E-state index in [2.05, 4.69) is 5.32 Å². The van der Waals surface area contributed by atoms with Crippen molar-refractivity contribution in [1.29, 1.82) is 0 Å². The Hall–Kier alpha value is -3.61. The highest BCUT2D eigenvalue weighted by molar-refractivity contribution is 5.86. The predicted octanol–water partition coefficient (Wildman–Crippen LogP) is 2.66. The summed E-state index contributed by atoms with van der Waals surface area (Å²) in [6.07, 6.45) is 1.05. The van der Waals surface area contributed by atoms with Crippen molar-refractivity contribution in [2.24, 2.45) is 5.92 Å². The highest BCUT2D eigenvalue weighted by atomic mass is 16.5. The number of hydrogen-bond acceptors (Lipinski definition) is 6. The van der Waals surface area contributed by atoms with E-state index in [9.17, 15) is 19.5 Å². The molecule has 7 nitrogen and oxygen atoms in total. The number of amides is 1. The quantitative estimate of drug-likeness (QED) is 0.502. The van der Waals surface area contributed by atoms with Crippen LogP contribution in [0.2, 0.25) is 0 Å². The third kappa shape index (κ3) is 5.42. The number of ether oxygens (including phenoxy) is 1. The molecule has 0 fully saturated rings. The molecule has 3 aromatic rings. The van der Waals surface area contributed by atoms with Crippen molar-refractivity contribution in [3.8, 4) is 5.75 Å². The second kappa shape index (κ2) is 10.3. The fourth-order valence-electron chi connectivity index (χ4n) is 3.76. The summed E-state index contributed by atoms with van der Waals surface area (Å²) in [7, 11) is 0. The lowest BCUT2D eigenvalue weighted by Crippen LogP contribution is -2.52. The van der Waals surface area contributed by atoms with Crippen LogP contribution < -0.4 is 20.8 Å². The molecule has 1 heterocycles. The maximum atomic E-state index is 12.7. The van der Waals surface area contributed by atoms with Crippen LogP contribution in [0.25, 0.3) is 11.0 Å². The molecule has 3 rings (SSSR count). The first-order valence-electron chi connectivity index (χ1n) is 11.0. The minimum absolute atomic E-state index is 0.274. The number of rotatable bonds is 9. The number of benzene rings is 2. The Morgan fingerprint density at radius 2 is 1.79 bits per heavy atom. The first-order valence-corrected chi connectivity index (χ1v) is 11.0. The summed E-state index contributed by atoms with van der Waals surface area (Å²) in [6.45, 7) is 6.83. The van der Waals surface area contributed by atoms with Gasteiger partial charge in [-0.2, -0.15) is 0 Å². The number of aliphatic carboxylic acids is 1. The Bertz CT molecular complexity index is 1210. The van der Waals surface area contributed by atoms with Gasteiger partial charge in [-0.15, -0.1) is 0 Å². The van der Waals surface area contributed by atoms with Gasteiger partial charge in [0.2, 0.25) is 0 Å². The van der Waals surface area contributed by atoms with Crippen LogP contribution in [-0.2, 0) is 16.0 Å². The summed E-state index contributed by atoms with van der Waals surface area (Å²) < 4.78 is 11.3. The average Bonchev–Trinajstić information content (AvgIpc) is 2.80. The number of carboxylic acids is 1. The highest BCUT2D eigenvalue weighted by Gasteiger charge is 2.20. The normalized spacial score (nSPS) is 12.8. The molecule has 0 saturated carbocycles. The molecule has 2 atom stereocenters. The molecular weight excluding hydrogens is 422 g/mol. The molecule has 174 valence electrons. The van der Waals surface area contributed by atoms with Crippen LogP contribution in [-0.4, -0.2) is 24.5 Å². The largest absolute Gasteiger partial charge is 0.548 e. The molecule has 0 saturated heterocycles. The number of fused-ring (bicyclic) bond motifs is 1. The van der Waals surface area contributed by atoms with Crippen LogP contribution in [0.3, 0.4) is 0 Å². The number of carbonyl (C=O) groups is 2. The summed E-state index contributed by atoms with van der Waals surface area (Å²) in [5.41, 5.74) is 3.03. The van der Waals surface area contributed by atoms with Gasteiger partial charge in [-0.25, -0.2) is 4.79 Å². The Balaban J connectivity index is 1.81. The Morgan fingerprint density at radius 3 is 2.42 bits per heavy atom. The van der Waals surface area contributed by atoms with Crippen molar-refractivity contribution in [1.82, 2.24) is 5.32 Å². The lowest BCUT2D eigenvalue weighted by Gasteiger charge is -2.25. The molecule has 1 amide bonds. The van der Waals surface area contributed by atoms with Crippen molar-refractivity contribution in [3.63, 3.8) is 0 Å². The lowest BCUT2D eigenvalue weighted by molar-refractivity contribution is -0.309. The minimum atomic E-state index is -1.33. The molecule has 0 aliphatic rings. The van der Waals surface area contributed by atoms with Crippen LogP contribution in [0.15, 0.2) is 51.7 Å². The van der Waals surface area contributed by atoms with E-state index < -0.39 is 23.5 Å². The van der Waals surface area contributed by atoms with Gasteiger partial charge < -0.3 is 24.4 Å². The van der Waals surface area contributed by atoms with Gasteiger partial charge in [0.15, 0.2) is 6.61 Å². The predicted molar refractivity (Wildman–Crippen MR) is 123 cm³/mol. The smallest absolute Gasteiger partial charge is 0.340 e. The molecular formula is C26H28NO6-. The third-order valence-corrected chi connectivity index (χ3v) is 6.02. The SMILES string of the molecule is CC[C@@H](C)[C@H](NC(=O)COc1ccc2c(C)c(Cc3ccccc3)c(=O)oc2c1C)C(=O)[O-]. The summed E-state index contributed by atoms with van der Waals surface area (Å²) in [5, 5.41) is 14.5. The number of hydrogen-bond donors (Lipinski definition) is 1. The van der Waals surface area contributed by atoms with Gasteiger partial charge in [-0.1, -0.05) is 50.6 Å². The van der Waals surface area contributed by atoms with E-state index in [-0.39, 0.29) is 12.5 Å². The summed E-state index contributed by atoms with van der Waals surface area (Å²) >= 11 is 0. The van der Waals surface area contributed by atoms with Crippen molar-refractivity contribution in [2.45, 2.75) is 46.6 Å². The molecule has 33 heavy (non-hydrogen) atoms. The van der Waals surface area contributed by atoms with Gasteiger partial charge in [-0.05, 0) is 43.0 Å². The van der Waals surface area contributed by atoms with E-state index in [1.807, 2.05) is 44.2 Å². The standard InChI is InChI=1S/C26H29NO6/c1-5-15(2)23(25(29)30)27-22(28)14-32-21-12-11-19-16(3)20(13-18-9-7-6-8-10-18)26(31)33-24(19)17(21)4/h6-12,15,23H,5,13-14H2,1-4H3,(H,27,28)(H,29,30)/p-1/t15-,23+/m1/s1. The van der Waals surface area contributed by atoms with Crippen LogP contribution >= 0.6 is 0 Å². The summed E-state index contributed by atoms with van der Waals surface area (Å²) in [6, 6.07) is 12.1.